The van der Waals surface area contributed by atoms with Gasteiger partial charge < -0.3 is 14.2 Å². The average molecular weight is 325 g/mol. The first-order valence-electron chi connectivity index (χ1n) is 7.58. The van der Waals surface area contributed by atoms with Crippen molar-refractivity contribution in [3.63, 3.8) is 0 Å². The number of carbonyl (C=O) groups excluding carboxylic acids is 1. The summed E-state index contributed by atoms with van der Waals surface area (Å²) in [5.41, 5.74) is 2.38. The van der Waals surface area contributed by atoms with Crippen LogP contribution in [0.2, 0.25) is 0 Å². The smallest absolute Gasteiger partial charge is 0.344 e. The maximum absolute atomic E-state index is 12.4. The van der Waals surface area contributed by atoms with Crippen molar-refractivity contribution in [1.82, 2.24) is 4.57 Å². The second-order valence-electron chi connectivity index (χ2n) is 5.45. The van der Waals surface area contributed by atoms with Gasteiger partial charge in [0.15, 0.2) is 0 Å². The Morgan fingerprint density at radius 3 is 2.42 bits per heavy atom. The molecule has 2 aromatic carbocycles. The van der Waals surface area contributed by atoms with E-state index in [4.69, 9.17) is 14.2 Å². The van der Waals surface area contributed by atoms with E-state index < -0.39 is 5.97 Å². The Morgan fingerprint density at radius 2 is 1.75 bits per heavy atom. The molecule has 0 amide bonds. The highest BCUT2D eigenvalue weighted by molar-refractivity contribution is 6.07. The first kappa shape index (κ1) is 16.1. The molecular weight excluding hydrogens is 306 g/mol. The number of rotatable bonds is 5. The fraction of sp³-hybridized carbons (Fsp3) is 0.211. The van der Waals surface area contributed by atoms with Crippen LogP contribution in [0, 0.1) is 6.92 Å². The van der Waals surface area contributed by atoms with Crippen LogP contribution in [0.3, 0.4) is 0 Å². The lowest BCUT2D eigenvalue weighted by atomic mass is 10.2. The summed E-state index contributed by atoms with van der Waals surface area (Å²) in [6.45, 7) is 2.27. The summed E-state index contributed by atoms with van der Waals surface area (Å²) in [6, 6.07) is 15.2. The number of carbonyl (C=O) groups is 1. The summed E-state index contributed by atoms with van der Waals surface area (Å²) in [6.07, 6.45) is 0. The molecule has 0 spiro atoms. The molecule has 0 atom stereocenters. The van der Waals surface area contributed by atoms with Crippen molar-refractivity contribution in [3.8, 4) is 11.6 Å². The van der Waals surface area contributed by atoms with Gasteiger partial charge in [-0.2, -0.15) is 0 Å². The van der Waals surface area contributed by atoms with Crippen molar-refractivity contribution in [2.75, 3.05) is 14.2 Å². The Hall–Kier alpha value is -2.79. The van der Waals surface area contributed by atoms with Crippen LogP contribution in [-0.4, -0.2) is 24.8 Å². The van der Waals surface area contributed by atoms with Crippen LogP contribution in [-0.2, 0) is 16.2 Å². The zero-order chi connectivity index (χ0) is 17.1. The van der Waals surface area contributed by atoms with Crippen molar-refractivity contribution in [1.29, 1.82) is 0 Å². The molecule has 0 fully saturated rings. The summed E-state index contributed by atoms with van der Waals surface area (Å²) in [5.74, 6) is 0.614. The zero-order valence-electron chi connectivity index (χ0n) is 13.9. The van der Waals surface area contributed by atoms with E-state index >= 15 is 0 Å². The molecular formula is C19H19NO4. The lowest BCUT2D eigenvalue weighted by molar-refractivity contribution is 0.0598. The number of aromatic nitrogens is 1. The van der Waals surface area contributed by atoms with Gasteiger partial charge in [0.2, 0.25) is 5.88 Å². The molecule has 0 bridgehead atoms. The highest BCUT2D eigenvalue weighted by Gasteiger charge is 2.25. The van der Waals surface area contributed by atoms with Gasteiger partial charge in [-0.3, -0.25) is 4.57 Å². The van der Waals surface area contributed by atoms with E-state index in [1.165, 1.54) is 7.11 Å². The molecule has 0 aliphatic carbocycles. The number of hydrogen-bond donors (Lipinski definition) is 0. The molecule has 1 aromatic heterocycles. The van der Waals surface area contributed by atoms with Crippen LogP contribution in [0.5, 0.6) is 11.6 Å². The van der Waals surface area contributed by atoms with Gasteiger partial charge >= 0.3 is 5.97 Å². The summed E-state index contributed by atoms with van der Waals surface area (Å²) in [4.78, 5) is 12.4. The second-order valence-corrected chi connectivity index (χ2v) is 5.45. The van der Waals surface area contributed by atoms with Crippen molar-refractivity contribution in [2.24, 2.45) is 0 Å². The first-order valence-corrected chi connectivity index (χ1v) is 7.58. The van der Waals surface area contributed by atoms with Gasteiger partial charge in [0.1, 0.15) is 18.0 Å². The summed E-state index contributed by atoms with van der Waals surface area (Å²) < 4.78 is 18.1. The SMILES string of the molecule is COCn1c(Oc2ccc(C)cc2)c(C(=O)OC)c2ccccc21. The molecule has 1 heterocycles. The van der Waals surface area contributed by atoms with E-state index in [1.807, 2.05) is 60.0 Å². The minimum atomic E-state index is -0.442. The molecule has 0 aliphatic heterocycles. The van der Waals surface area contributed by atoms with Gasteiger partial charge in [-0.25, -0.2) is 4.79 Å². The maximum Gasteiger partial charge on any atom is 0.344 e. The number of benzene rings is 2. The van der Waals surface area contributed by atoms with E-state index in [2.05, 4.69) is 0 Å². The van der Waals surface area contributed by atoms with Gasteiger partial charge in [0.05, 0.1) is 12.6 Å². The van der Waals surface area contributed by atoms with Crippen molar-refractivity contribution in [3.05, 3.63) is 59.7 Å². The fourth-order valence-electron chi connectivity index (χ4n) is 2.66. The third-order valence-corrected chi connectivity index (χ3v) is 3.81. The number of esters is 1. The zero-order valence-corrected chi connectivity index (χ0v) is 13.9. The maximum atomic E-state index is 12.4. The molecule has 0 saturated carbocycles. The highest BCUT2D eigenvalue weighted by Crippen LogP contribution is 2.35. The Balaban J connectivity index is 2.20. The highest BCUT2D eigenvalue weighted by atomic mass is 16.5. The van der Waals surface area contributed by atoms with Gasteiger partial charge in [0.25, 0.3) is 0 Å². The molecule has 124 valence electrons. The number of ether oxygens (including phenoxy) is 3. The molecule has 3 rings (SSSR count). The average Bonchev–Trinajstić information content (AvgIpc) is 2.90. The largest absolute Gasteiger partial charge is 0.465 e. The molecule has 3 aromatic rings. The van der Waals surface area contributed by atoms with Crippen molar-refractivity contribution < 1.29 is 19.0 Å². The molecule has 0 N–H and O–H groups in total. The van der Waals surface area contributed by atoms with Gasteiger partial charge in [-0.15, -0.1) is 0 Å². The number of nitrogens with zero attached hydrogens (tertiary/aromatic N) is 1. The van der Waals surface area contributed by atoms with Gasteiger partial charge in [-0.1, -0.05) is 35.9 Å². The Morgan fingerprint density at radius 1 is 1.04 bits per heavy atom. The third kappa shape index (κ3) is 2.86. The van der Waals surface area contributed by atoms with E-state index in [0.717, 1.165) is 16.5 Å². The van der Waals surface area contributed by atoms with Crippen LogP contribution >= 0.6 is 0 Å². The Bertz CT molecular complexity index is 865. The summed E-state index contributed by atoms with van der Waals surface area (Å²) in [7, 11) is 2.96. The molecule has 24 heavy (non-hydrogen) atoms. The van der Waals surface area contributed by atoms with Gasteiger partial charge in [-0.05, 0) is 25.1 Å². The lowest BCUT2D eigenvalue weighted by Gasteiger charge is -2.12. The van der Waals surface area contributed by atoms with E-state index in [1.54, 1.807) is 7.11 Å². The fourth-order valence-corrected chi connectivity index (χ4v) is 2.66. The predicted octanol–water partition coefficient (Wildman–Crippen LogP) is 4.13. The lowest BCUT2D eigenvalue weighted by Crippen LogP contribution is -2.06. The minimum Gasteiger partial charge on any atom is -0.465 e. The van der Waals surface area contributed by atoms with Crippen LogP contribution in [0.1, 0.15) is 15.9 Å². The van der Waals surface area contributed by atoms with E-state index in [0.29, 0.717) is 17.2 Å². The Labute approximate surface area is 140 Å². The molecule has 0 radical (unpaired) electrons. The molecule has 0 saturated heterocycles. The summed E-state index contributed by atoms with van der Waals surface area (Å²) in [5, 5.41) is 0.767. The molecule has 0 aliphatic rings. The first-order chi connectivity index (χ1) is 11.7. The second kappa shape index (κ2) is 6.76. The van der Waals surface area contributed by atoms with Crippen LogP contribution < -0.4 is 4.74 Å². The number of fused-ring (bicyclic) bond motifs is 1. The monoisotopic (exact) mass is 325 g/mol. The predicted molar refractivity (Wildman–Crippen MR) is 91.5 cm³/mol. The number of methoxy groups -OCH3 is 2. The van der Waals surface area contributed by atoms with Crippen LogP contribution in [0.25, 0.3) is 10.9 Å². The molecule has 5 nitrogen and oxygen atoms in total. The topological polar surface area (TPSA) is 49.7 Å². The van der Waals surface area contributed by atoms with Crippen LogP contribution in [0.15, 0.2) is 48.5 Å². The third-order valence-electron chi connectivity index (χ3n) is 3.81. The Kier molecular flexibility index (Phi) is 4.53. The standard InChI is InChI=1S/C19H19NO4/c1-13-8-10-14(11-9-13)24-18-17(19(21)23-3)15-6-4-5-7-16(15)20(18)12-22-2/h4-11H,12H2,1-3H3. The van der Waals surface area contributed by atoms with Gasteiger partial charge in [0, 0.05) is 12.5 Å². The van der Waals surface area contributed by atoms with E-state index in [-0.39, 0.29) is 6.73 Å². The number of hydrogen-bond acceptors (Lipinski definition) is 4. The van der Waals surface area contributed by atoms with Crippen molar-refractivity contribution in [2.45, 2.75) is 13.7 Å². The minimum absolute atomic E-state index is 0.263. The number of para-hydroxylation sites is 1. The number of aryl methyl sites for hydroxylation is 1. The normalized spacial score (nSPS) is 10.8. The van der Waals surface area contributed by atoms with Crippen molar-refractivity contribution >= 4 is 16.9 Å². The molecule has 0 unspecified atom stereocenters. The van der Waals surface area contributed by atoms with E-state index in [9.17, 15) is 4.79 Å². The molecule has 5 heteroatoms. The summed E-state index contributed by atoms with van der Waals surface area (Å²) >= 11 is 0. The van der Waals surface area contributed by atoms with Crippen LogP contribution in [0.4, 0.5) is 0 Å². The quantitative estimate of drug-likeness (QED) is 0.662.